The van der Waals surface area contributed by atoms with Crippen LogP contribution >= 0.6 is 0 Å². The van der Waals surface area contributed by atoms with Gasteiger partial charge in [-0.15, -0.1) is 0 Å². The Hall–Kier alpha value is -1.88. The van der Waals surface area contributed by atoms with Crippen molar-refractivity contribution in [3.05, 3.63) is 29.3 Å². The average Bonchev–Trinajstić information content (AvgIpc) is 2.47. The summed E-state index contributed by atoms with van der Waals surface area (Å²) in [6.45, 7) is 12.3. The number of hydrogen-bond donors (Lipinski definition) is 3. The fourth-order valence-corrected chi connectivity index (χ4v) is 2.28. The number of nitrogens with two attached hydrogens (primary N) is 1. The largest absolute Gasteiger partial charge is 0.345 e. The number of carbonyl (C=O) groups is 2. The molecule has 24 heavy (non-hydrogen) atoms. The number of hydrogen-bond acceptors (Lipinski definition) is 3. The van der Waals surface area contributed by atoms with Crippen LogP contribution in [0.5, 0.6) is 0 Å². The lowest BCUT2D eigenvalue weighted by atomic mass is 9.88. The van der Waals surface area contributed by atoms with E-state index in [-0.39, 0.29) is 17.7 Å². The van der Waals surface area contributed by atoms with Crippen LogP contribution in [0.1, 0.15) is 57.0 Å². The molecule has 5 heteroatoms. The van der Waals surface area contributed by atoms with Crippen molar-refractivity contribution in [3.8, 4) is 0 Å². The van der Waals surface area contributed by atoms with Crippen LogP contribution in [0.25, 0.3) is 0 Å². The van der Waals surface area contributed by atoms with Crippen molar-refractivity contribution in [3.63, 3.8) is 0 Å². The monoisotopic (exact) mass is 333 g/mol. The molecule has 0 radical (unpaired) electrons. The maximum absolute atomic E-state index is 12.5. The van der Waals surface area contributed by atoms with Gasteiger partial charge in [0.15, 0.2) is 0 Å². The summed E-state index contributed by atoms with van der Waals surface area (Å²) in [6.07, 6.45) is 0.477. The van der Waals surface area contributed by atoms with Crippen LogP contribution in [0.2, 0.25) is 0 Å². The van der Waals surface area contributed by atoms with Crippen molar-refractivity contribution in [2.24, 2.45) is 17.6 Å². The van der Waals surface area contributed by atoms with E-state index in [0.717, 1.165) is 11.3 Å². The second-order valence-electron chi connectivity index (χ2n) is 7.41. The summed E-state index contributed by atoms with van der Waals surface area (Å²) >= 11 is 0. The van der Waals surface area contributed by atoms with Crippen LogP contribution in [0.4, 0.5) is 5.69 Å². The van der Waals surface area contributed by atoms with Gasteiger partial charge in [-0.2, -0.15) is 0 Å². The molecule has 0 aliphatic heterocycles. The van der Waals surface area contributed by atoms with Gasteiger partial charge in [-0.1, -0.05) is 27.7 Å². The maximum atomic E-state index is 12.5. The zero-order chi connectivity index (χ0) is 18.5. The molecule has 1 atom stereocenters. The predicted molar refractivity (Wildman–Crippen MR) is 99.0 cm³/mol. The zero-order valence-electron chi connectivity index (χ0n) is 15.7. The topological polar surface area (TPSA) is 84.2 Å². The summed E-state index contributed by atoms with van der Waals surface area (Å²) in [5.41, 5.74) is 7.53. The van der Waals surface area contributed by atoms with Gasteiger partial charge in [-0.25, -0.2) is 0 Å². The number of amides is 2. The van der Waals surface area contributed by atoms with Crippen LogP contribution in [0, 0.1) is 18.8 Å². The second-order valence-corrected chi connectivity index (χ2v) is 7.41. The van der Waals surface area contributed by atoms with Gasteiger partial charge >= 0.3 is 0 Å². The van der Waals surface area contributed by atoms with E-state index in [1.165, 1.54) is 0 Å². The van der Waals surface area contributed by atoms with Gasteiger partial charge in [0.25, 0.3) is 5.91 Å². The molecule has 1 rings (SSSR count). The quantitative estimate of drug-likeness (QED) is 0.717. The van der Waals surface area contributed by atoms with E-state index >= 15 is 0 Å². The van der Waals surface area contributed by atoms with Crippen molar-refractivity contribution < 1.29 is 9.59 Å². The van der Waals surface area contributed by atoms with Crippen LogP contribution in [0.15, 0.2) is 18.2 Å². The minimum absolute atomic E-state index is 0.0131. The van der Waals surface area contributed by atoms with Gasteiger partial charge in [0.1, 0.15) is 0 Å². The molecule has 4 N–H and O–H groups in total. The fourth-order valence-electron chi connectivity index (χ4n) is 2.28. The highest BCUT2D eigenvalue weighted by molar-refractivity contribution is 5.97. The highest BCUT2D eigenvalue weighted by Gasteiger charge is 2.29. The summed E-state index contributed by atoms with van der Waals surface area (Å²) in [6, 6.07) is 5.29. The molecule has 0 heterocycles. The van der Waals surface area contributed by atoms with Crippen molar-refractivity contribution in [1.29, 1.82) is 0 Å². The van der Waals surface area contributed by atoms with E-state index in [1.807, 2.05) is 41.5 Å². The lowest BCUT2D eigenvalue weighted by Gasteiger charge is -2.33. The van der Waals surface area contributed by atoms with E-state index in [1.54, 1.807) is 18.2 Å². The average molecular weight is 333 g/mol. The first-order chi connectivity index (χ1) is 11.1. The molecule has 0 fully saturated rings. The summed E-state index contributed by atoms with van der Waals surface area (Å²) in [5, 5.41) is 5.92. The Bertz CT molecular complexity index is 596. The summed E-state index contributed by atoms with van der Waals surface area (Å²) in [4.78, 5) is 24.4. The number of nitrogens with one attached hydrogen (secondary N) is 2. The number of rotatable bonds is 7. The first-order valence-corrected chi connectivity index (χ1v) is 8.52. The molecule has 0 aromatic heterocycles. The molecule has 0 aliphatic rings. The molecule has 0 bridgehead atoms. The van der Waals surface area contributed by atoms with E-state index in [9.17, 15) is 9.59 Å². The Morgan fingerprint density at radius 3 is 2.29 bits per heavy atom. The van der Waals surface area contributed by atoms with Crippen LogP contribution in [-0.2, 0) is 4.79 Å². The molecule has 1 aromatic rings. The molecule has 134 valence electrons. The number of aryl methyl sites for hydroxylation is 1. The third-order valence-corrected chi connectivity index (χ3v) is 4.45. The Balaban J connectivity index is 2.87. The molecule has 1 aromatic carbocycles. The molecule has 0 saturated carbocycles. The fraction of sp³-hybridized carbons (Fsp3) is 0.579. The molecular weight excluding hydrogens is 302 g/mol. The minimum atomic E-state index is -0.449. The molecule has 0 aliphatic carbocycles. The second kappa shape index (κ2) is 8.29. The van der Waals surface area contributed by atoms with Crippen molar-refractivity contribution in [2.75, 3.05) is 11.9 Å². The van der Waals surface area contributed by atoms with Gasteiger partial charge in [0.05, 0.1) is 5.54 Å². The van der Waals surface area contributed by atoms with Crippen LogP contribution in [-0.4, -0.2) is 23.9 Å². The first kappa shape index (κ1) is 20.2. The maximum Gasteiger partial charge on any atom is 0.251 e. The van der Waals surface area contributed by atoms with E-state index in [0.29, 0.717) is 24.4 Å². The van der Waals surface area contributed by atoms with Crippen LogP contribution < -0.4 is 16.4 Å². The summed E-state index contributed by atoms with van der Waals surface area (Å²) < 4.78 is 0. The Kier molecular flexibility index (Phi) is 6.96. The number of carbonyl (C=O) groups excluding carboxylic acids is 2. The zero-order valence-corrected chi connectivity index (χ0v) is 15.7. The smallest absolute Gasteiger partial charge is 0.251 e. The highest BCUT2D eigenvalue weighted by atomic mass is 16.2. The van der Waals surface area contributed by atoms with Gasteiger partial charge in [-0.3, -0.25) is 9.59 Å². The molecular formula is C19H31N3O2. The molecule has 2 amide bonds. The van der Waals surface area contributed by atoms with Gasteiger partial charge in [-0.05, 0) is 49.4 Å². The van der Waals surface area contributed by atoms with Crippen molar-refractivity contribution in [1.82, 2.24) is 5.32 Å². The van der Waals surface area contributed by atoms with Gasteiger partial charge < -0.3 is 16.4 Å². The Labute approximate surface area is 145 Å². The first-order valence-electron chi connectivity index (χ1n) is 8.52. The minimum Gasteiger partial charge on any atom is -0.345 e. The predicted octanol–water partition coefficient (Wildman–Crippen LogP) is 3.08. The molecule has 0 spiro atoms. The van der Waals surface area contributed by atoms with E-state index in [2.05, 4.69) is 10.6 Å². The number of benzene rings is 1. The van der Waals surface area contributed by atoms with E-state index < -0.39 is 5.54 Å². The SMILES string of the molecule is Cc1cc(C(=O)NC(C)(CN)C(C)C)ccc1NC(=O)CC(C)C. The van der Waals surface area contributed by atoms with E-state index in [4.69, 9.17) is 5.73 Å². The standard InChI is InChI=1S/C19H31N3O2/c1-12(2)9-17(23)21-16-8-7-15(10-14(16)5)18(24)22-19(6,11-20)13(3)4/h7-8,10,12-13H,9,11,20H2,1-6H3,(H,21,23)(H,22,24). The summed E-state index contributed by atoms with van der Waals surface area (Å²) in [7, 11) is 0. The van der Waals surface area contributed by atoms with Gasteiger partial charge in [0, 0.05) is 24.2 Å². The van der Waals surface area contributed by atoms with Crippen molar-refractivity contribution in [2.45, 2.75) is 53.5 Å². The Morgan fingerprint density at radius 2 is 1.83 bits per heavy atom. The normalized spacial score (nSPS) is 13.7. The third-order valence-electron chi connectivity index (χ3n) is 4.45. The highest BCUT2D eigenvalue weighted by Crippen LogP contribution is 2.20. The molecule has 0 saturated heterocycles. The lowest BCUT2D eigenvalue weighted by Crippen LogP contribution is -2.55. The number of anilines is 1. The Morgan fingerprint density at radius 1 is 1.21 bits per heavy atom. The third kappa shape index (κ3) is 5.34. The summed E-state index contributed by atoms with van der Waals surface area (Å²) in [5.74, 6) is 0.364. The van der Waals surface area contributed by atoms with Crippen molar-refractivity contribution >= 4 is 17.5 Å². The molecule has 5 nitrogen and oxygen atoms in total. The lowest BCUT2D eigenvalue weighted by molar-refractivity contribution is -0.116. The molecule has 1 unspecified atom stereocenters. The van der Waals surface area contributed by atoms with Crippen LogP contribution in [0.3, 0.4) is 0 Å². The van der Waals surface area contributed by atoms with Gasteiger partial charge in [0.2, 0.25) is 5.91 Å².